The zero-order chi connectivity index (χ0) is 17.2. The van der Waals surface area contributed by atoms with Crippen molar-refractivity contribution in [3.63, 3.8) is 0 Å². The first-order valence-electron chi connectivity index (χ1n) is 9.02. The number of aromatic nitrogens is 2. The molecule has 4 rings (SSSR count). The quantitative estimate of drug-likeness (QED) is 0.580. The maximum absolute atomic E-state index is 6.03. The van der Waals surface area contributed by atoms with Crippen molar-refractivity contribution in [2.75, 3.05) is 18.0 Å². The lowest BCUT2D eigenvalue weighted by Gasteiger charge is -2.24. The number of benzene rings is 2. The molecule has 128 valence electrons. The zero-order valence-corrected chi connectivity index (χ0v) is 15.2. The fourth-order valence-electron chi connectivity index (χ4n) is 3.31. The highest BCUT2D eigenvalue weighted by Crippen LogP contribution is 2.35. The number of anilines is 1. The Bertz CT molecular complexity index is 872. The van der Waals surface area contributed by atoms with Gasteiger partial charge in [-0.15, -0.1) is 10.2 Å². The lowest BCUT2D eigenvalue weighted by atomic mass is 10.0. The first-order chi connectivity index (χ1) is 12.3. The summed E-state index contributed by atoms with van der Waals surface area (Å²) in [4.78, 5) is 2.42. The molecule has 1 saturated carbocycles. The van der Waals surface area contributed by atoms with Gasteiger partial charge < -0.3 is 4.90 Å². The summed E-state index contributed by atoms with van der Waals surface area (Å²) in [5.41, 5.74) is 1.96. The first-order valence-corrected chi connectivity index (χ1v) is 9.40. The summed E-state index contributed by atoms with van der Waals surface area (Å²) in [7, 11) is 0. The normalized spacial score (nSPS) is 14.0. The van der Waals surface area contributed by atoms with Crippen molar-refractivity contribution in [2.24, 2.45) is 5.92 Å². The lowest BCUT2D eigenvalue weighted by molar-refractivity contribution is 0.696. The van der Waals surface area contributed by atoms with Crippen LogP contribution in [0.15, 0.2) is 48.5 Å². The summed E-state index contributed by atoms with van der Waals surface area (Å²) in [5.74, 6) is 1.84. The number of hydrogen-bond donors (Lipinski definition) is 0. The van der Waals surface area contributed by atoms with E-state index in [1.165, 1.54) is 18.2 Å². The van der Waals surface area contributed by atoms with Gasteiger partial charge >= 0.3 is 0 Å². The molecule has 4 heteroatoms. The van der Waals surface area contributed by atoms with Crippen molar-refractivity contribution in [3.05, 3.63) is 53.6 Å². The lowest BCUT2D eigenvalue weighted by Crippen LogP contribution is -2.28. The molecule has 0 spiro atoms. The average molecular weight is 352 g/mol. The molecule has 1 aliphatic carbocycles. The summed E-state index contributed by atoms with van der Waals surface area (Å²) in [5, 5.41) is 12.3. The van der Waals surface area contributed by atoms with E-state index in [0.29, 0.717) is 0 Å². The highest BCUT2D eigenvalue weighted by Gasteiger charge is 2.26. The highest BCUT2D eigenvalue weighted by atomic mass is 35.5. The average Bonchev–Trinajstić information content (AvgIpc) is 3.45. The van der Waals surface area contributed by atoms with E-state index in [9.17, 15) is 0 Å². The highest BCUT2D eigenvalue weighted by molar-refractivity contribution is 6.30. The molecule has 1 aromatic heterocycles. The van der Waals surface area contributed by atoms with E-state index < -0.39 is 0 Å². The second-order valence-corrected chi connectivity index (χ2v) is 7.25. The van der Waals surface area contributed by atoms with Crippen LogP contribution >= 0.6 is 11.6 Å². The van der Waals surface area contributed by atoms with Crippen LogP contribution in [0.5, 0.6) is 0 Å². The number of nitrogens with zero attached hydrogens (tertiary/aromatic N) is 3. The van der Waals surface area contributed by atoms with Crippen LogP contribution in [-0.4, -0.2) is 23.3 Å². The Labute approximate surface area is 153 Å². The molecule has 2 aromatic carbocycles. The minimum Gasteiger partial charge on any atom is -0.354 e. The molecule has 3 aromatic rings. The molecule has 0 unspecified atom stereocenters. The third-order valence-electron chi connectivity index (χ3n) is 4.75. The first kappa shape index (κ1) is 16.3. The van der Waals surface area contributed by atoms with E-state index in [1.807, 2.05) is 24.3 Å². The second-order valence-electron chi connectivity index (χ2n) is 6.81. The smallest absolute Gasteiger partial charge is 0.159 e. The third kappa shape index (κ3) is 3.47. The van der Waals surface area contributed by atoms with Crippen molar-refractivity contribution < 1.29 is 0 Å². The van der Waals surface area contributed by atoms with Crippen LogP contribution in [0.1, 0.15) is 26.2 Å². The van der Waals surface area contributed by atoms with E-state index in [2.05, 4.69) is 46.3 Å². The molecule has 0 N–H and O–H groups in total. The van der Waals surface area contributed by atoms with Gasteiger partial charge in [-0.1, -0.05) is 54.9 Å². The molecule has 0 amide bonds. The van der Waals surface area contributed by atoms with E-state index in [1.54, 1.807) is 0 Å². The molecular formula is C21H22ClN3. The summed E-state index contributed by atoms with van der Waals surface area (Å²) >= 11 is 6.03. The van der Waals surface area contributed by atoms with Crippen LogP contribution in [-0.2, 0) is 0 Å². The SMILES string of the molecule is CCCN(CC1CC1)c1nnc(-c2ccc(Cl)cc2)c2ccccc12. The largest absolute Gasteiger partial charge is 0.354 e. The van der Waals surface area contributed by atoms with Crippen LogP contribution in [0.3, 0.4) is 0 Å². The number of rotatable bonds is 6. The van der Waals surface area contributed by atoms with Gasteiger partial charge in [-0.3, -0.25) is 0 Å². The Balaban J connectivity index is 1.81. The maximum atomic E-state index is 6.03. The maximum Gasteiger partial charge on any atom is 0.159 e. The van der Waals surface area contributed by atoms with Gasteiger partial charge in [-0.2, -0.15) is 0 Å². The van der Waals surface area contributed by atoms with Crippen molar-refractivity contribution >= 4 is 28.2 Å². The molecular weight excluding hydrogens is 330 g/mol. The van der Waals surface area contributed by atoms with E-state index in [-0.39, 0.29) is 0 Å². The monoisotopic (exact) mass is 351 g/mol. The van der Waals surface area contributed by atoms with Crippen molar-refractivity contribution in [3.8, 4) is 11.3 Å². The van der Waals surface area contributed by atoms with Crippen LogP contribution in [0.25, 0.3) is 22.0 Å². The summed E-state index contributed by atoms with van der Waals surface area (Å²) in [6.07, 6.45) is 3.80. The van der Waals surface area contributed by atoms with Crippen LogP contribution in [0.2, 0.25) is 5.02 Å². The predicted octanol–water partition coefficient (Wildman–Crippen LogP) is 5.58. The topological polar surface area (TPSA) is 29.0 Å². The van der Waals surface area contributed by atoms with Gasteiger partial charge in [0.05, 0.1) is 0 Å². The minimum absolute atomic E-state index is 0.733. The zero-order valence-electron chi connectivity index (χ0n) is 14.5. The van der Waals surface area contributed by atoms with Gasteiger partial charge in [0.25, 0.3) is 0 Å². The Morgan fingerprint density at radius 2 is 1.72 bits per heavy atom. The molecule has 0 saturated heterocycles. The summed E-state index contributed by atoms with van der Waals surface area (Å²) in [6, 6.07) is 16.3. The number of fused-ring (bicyclic) bond motifs is 1. The minimum atomic E-state index is 0.733. The molecule has 0 radical (unpaired) electrons. The molecule has 0 bridgehead atoms. The molecule has 1 fully saturated rings. The van der Waals surface area contributed by atoms with Gasteiger partial charge in [0.2, 0.25) is 0 Å². The summed E-state index contributed by atoms with van der Waals surface area (Å²) in [6.45, 7) is 4.33. The van der Waals surface area contributed by atoms with Crippen molar-refractivity contribution in [1.29, 1.82) is 0 Å². The van der Waals surface area contributed by atoms with Crippen LogP contribution < -0.4 is 4.90 Å². The molecule has 0 atom stereocenters. The molecule has 25 heavy (non-hydrogen) atoms. The molecule has 1 aliphatic rings. The van der Waals surface area contributed by atoms with E-state index in [4.69, 9.17) is 11.6 Å². The molecule has 1 heterocycles. The third-order valence-corrected chi connectivity index (χ3v) is 5.01. The van der Waals surface area contributed by atoms with E-state index in [0.717, 1.165) is 52.9 Å². The Morgan fingerprint density at radius 3 is 2.40 bits per heavy atom. The van der Waals surface area contributed by atoms with Gasteiger partial charge in [-0.05, 0) is 37.3 Å². The second kappa shape index (κ2) is 7.01. The van der Waals surface area contributed by atoms with Crippen LogP contribution in [0.4, 0.5) is 5.82 Å². The molecule has 0 aliphatic heterocycles. The van der Waals surface area contributed by atoms with Crippen molar-refractivity contribution in [1.82, 2.24) is 10.2 Å². The van der Waals surface area contributed by atoms with Gasteiger partial charge in [0, 0.05) is 34.4 Å². The van der Waals surface area contributed by atoms with Crippen molar-refractivity contribution in [2.45, 2.75) is 26.2 Å². The Hall–Kier alpha value is -2.13. The van der Waals surface area contributed by atoms with Gasteiger partial charge in [0.15, 0.2) is 5.82 Å². The van der Waals surface area contributed by atoms with E-state index >= 15 is 0 Å². The Kier molecular flexibility index (Phi) is 4.58. The fraction of sp³-hybridized carbons (Fsp3) is 0.333. The number of hydrogen-bond acceptors (Lipinski definition) is 3. The van der Waals surface area contributed by atoms with Gasteiger partial charge in [0.1, 0.15) is 5.69 Å². The predicted molar refractivity (Wildman–Crippen MR) is 105 cm³/mol. The molecule has 3 nitrogen and oxygen atoms in total. The number of halogens is 1. The fourth-order valence-corrected chi connectivity index (χ4v) is 3.44. The van der Waals surface area contributed by atoms with Crippen LogP contribution in [0, 0.1) is 5.92 Å². The standard InChI is InChI=1S/C21H22ClN3/c1-2-13-25(14-15-7-8-15)21-19-6-4-3-5-18(19)20(23-24-21)16-9-11-17(22)12-10-16/h3-6,9-12,15H,2,7-8,13-14H2,1H3. The summed E-state index contributed by atoms with van der Waals surface area (Å²) < 4.78 is 0. The Morgan fingerprint density at radius 1 is 1.00 bits per heavy atom. The van der Waals surface area contributed by atoms with Gasteiger partial charge in [-0.25, -0.2) is 0 Å².